The highest BCUT2D eigenvalue weighted by Crippen LogP contribution is 2.35. The van der Waals surface area contributed by atoms with Crippen molar-refractivity contribution in [1.29, 1.82) is 0 Å². The van der Waals surface area contributed by atoms with Crippen LogP contribution < -0.4 is 0 Å². The van der Waals surface area contributed by atoms with Crippen molar-refractivity contribution in [3.8, 4) is 0 Å². The summed E-state index contributed by atoms with van der Waals surface area (Å²) < 4.78 is 0. The summed E-state index contributed by atoms with van der Waals surface area (Å²) in [5, 5.41) is 9.38. The van der Waals surface area contributed by atoms with Crippen molar-refractivity contribution < 1.29 is 9.90 Å². The molecule has 2 rings (SSSR count). The number of nitrogens with zero attached hydrogens (tertiary/aromatic N) is 1. The van der Waals surface area contributed by atoms with Crippen LogP contribution in [-0.4, -0.2) is 35.6 Å². The van der Waals surface area contributed by atoms with Gasteiger partial charge in [0.15, 0.2) is 0 Å². The van der Waals surface area contributed by atoms with Gasteiger partial charge in [0.25, 0.3) is 0 Å². The standard InChI is InChI=1S/C15H21NO2/c1-11(12-8-9-12)16(2)10-14(15(17)18)13-6-4-3-5-7-13/h3-7,11-12,14H,8-10H2,1-2H3,(H,17,18). The Hall–Kier alpha value is -1.35. The lowest BCUT2D eigenvalue weighted by atomic mass is 9.98. The van der Waals surface area contributed by atoms with Crippen molar-refractivity contribution >= 4 is 5.97 Å². The molecule has 1 fully saturated rings. The average Bonchev–Trinajstić information content (AvgIpc) is 3.19. The summed E-state index contributed by atoms with van der Waals surface area (Å²) in [6, 6.07) is 9.99. The van der Waals surface area contributed by atoms with Crippen LogP contribution >= 0.6 is 0 Å². The molecule has 1 aromatic rings. The Bertz CT molecular complexity index is 400. The molecule has 2 atom stereocenters. The van der Waals surface area contributed by atoms with E-state index in [9.17, 15) is 9.90 Å². The first kappa shape index (κ1) is 13.1. The topological polar surface area (TPSA) is 40.5 Å². The highest BCUT2D eigenvalue weighted by atomic mass is 16.4. The quantitative estimate of drug-likeness (QED) is 0.840. The molecule has 0 amide bonds. The van der Waals surface area contributed by atoms with Crippen molar-refractivity contribution in [2.75, 3.05) is 13.6 Å². The Morgan fingerprint density at radius 2 is 2.00 bits per heavy atom. The number of hydrogen-bond acceptors (Lipinski definition) is 2. The minimum atomic E-state index is -0.740. The fraction of sp³-hybridized carbons (Fsp3) is 0.533. The van der Waals surface area contributed by atoms with Crippen LogP contribution in [0.4, 0.5) is 0 Å². The van der Waals surface area contributed by atoms with E-state index in [1.54, 1.807) is 0 Å². The Morgan fingerprint density at radius 1 is 1.39 bits per heavy atom. The van der Waals surface area contributed by atoms with Crippen LogP contribution in [0.2, 0.25) is 0 Å². The lowest BCUT2D eigenvalue weighted by Gasteiger charge is -2.27. The molecule has 18 heavy (non-hydrogen) atoms. The molecule has 0 saturated heterocycles. The summed E-state index contributed by atoms with van der Waals surface area (Å²) in [7, 11) is 2.03. The van der Waals surface area contributed by atoms with Crippen LogP contribution in [-0.2, 0) is 4.79 Å². The van der Waals surface area contributed by atoms with Crippen molar-refractivity contribution in [2.24, 2.45) is 5.92 Å². The van der Waals surface area contributed by atoms with Crippen LogP contribution in [0.25, 0.3) is 0 Å². The van der Waals surface area contributed by atoms with E-state index in [1.807, 2.05) is 37.4 Å². The first-order valence-electron chi connectivity index (χ1n) is 6.57. The van der Waals surface area contributed by atoms with Gasteiger partial charge in [-0.1, -0.05) is 30.3 Å². The maximum absolute atomic E-state index is 11.4. The molecule has 0 radical (unpaired) electrons. The predicted molar refractivity (Wildman–Crippen MR) is 71.6 cm³/mol. The maximum Gasteiger partial charge on any atom is 0.312 e. The predicted octanol–water partition coefficient (Wildman–Crippen LogP) is 2.59. The summed E-state index contributed by atoms with van der Waals surface area (Å²) >= 11 is 0. The van der Waals surface area contributed by atoms with Gasteiger partial charge in [0.1, 0.15) is 0 Å². The monoisotopic (exact) mass is 247 g/mol. The highest BCUT2D eigenvalue weighted by Gasteiger charge is 2.32. The van der Waals surface area contributed by atoms with Gasteiger partial charge in [-0.05, 0) is 38.3 Å². The Morgan fingerprint density at radius 3 is 2.50 bits per heavy atom. The van der Waals surface area contributed by atoms with Gasteiger partial charge >= 0.3 is 5.97 Å². The smallest absolute Gasteiger partial charge is 0.312 e. The van der Waals surface area contributed by atoms with E-state index in [-0.39, 0.29) is 0 Å². The third kappa shape index (κ3) is 3.10. The van der Waals surface area contributed by atoms with Crippen LogP contribution in [0.1, 0.15) is 31.2 Å². The van der Waals surface area contributed by atoms with E-state index in [1.165, 1.54) is 12.8 Å². The molecule has 0 spiro atoms. The fourth-order valence-electron chi connectivity index (χ4n) is 2.40. The third-order valence-corrected chi connectivity index (χ3v) is 3.97. The number of rotatable bonds is 6. The van der Waals surface area contributed by atoms with Crippen molar-refractivity contribution in [3.05, 3.63) is 35.9 Å². The van der Waals surface area contributed by atoms with Crippen LogP contribution in [0.3, 0.4) is 0 Å². The Kier molecular flexibility index (Phi) is 4.02. The molecule has 98 valence electrons. The molecule has 1 N–H and O–H groups in total. The van der Waals surface area contributed by atoms with Crippen molar-refractivity contribution in [3.63, 3.8) is 0 Å². The van der Waals surface area contributed by atoms with Gasteiger partial charge in [-0.25, -0.2) is 0 Å². The minimum absolute atomic E-state index is 0.433. The molecule has 0 bridgehead atoms. The second kappa shape index (κ2) is 5.53. The molecule has 1 aromatic carbocycles. The molecule has 0 aliphatic heterocycles. The Balaban J connectivity index is 2.04. The third-order valence-electron chi connectivity index (χ3n) is 3.97. The molecule has 0 aromatic heterocycles. The first-order chi connectivity index (χ1) is 8.59. The summed E-state index contributed by atoms with van der Waals surface area (Å²) in [5.74, 6) is -0.409. The zero-order chi connectivity index (χ0) is 13.1. The van der Waals surface area contributed by atoms with E-state index in [0.717, 1.165) is 11.5 Å². The van der Waals surface area contributed by atoms with Gasteiger partial charge in [-0.3, -0.25) is 4.79 Å². The number of aliphatic carboxylic acids is 1. The van der Waals surface area contributed by atoms with Crippen LogP contribution in [0, 0.1) is 5.92 Å². The lowest BCUT2D eigenvalue weighted by Crippen LogP contribution is -2.36. The number of carboxylic acid groups (broad SMARTS) is 1. The van der Waals surface area contributed by atoms with Crippen molar-refractivity contribution in [1.82, 2.24) is 4.90 Å². The summed E-state index contributed by atoms with van der Waals surface area (Å²) in [5.41, 5.74) is 0.889. The molecule has 1 aliphatic carbocycles. The second-order valence-corrected chi connectivity index (χ2v) is 5.32. The van der Waals surface area contributed by atoms with E-state index in [0.29, 0.717) is 12.6 Å². The zero-order valence-corrected chi connectivity index (χ0v) is 11.0. The minimum Gasteiger partial charge on any atom is -0.481 e. The second-order valence-electron chi connectivity index (χ2n) is 5.32. The number of likely N-dealkylation sites (N-methyl/N-ethyl adjacent to an activating group) is 1. The molecular formula is C15H21NO2. The molecule has 2 unspecified atom stereocenters. The van der Waals surface area contributed by atoms with Gasteiger partial charge < -0.3 is 10.0 Å². The number of carbonyl (C=O) groups is 1. The lowest BCUT2D eigenvalue weighted by molar-refractivity contribution is -0.139. The van der Waals surface area contributed by atoms with E-state index < -0.39 is 11.9 Å². The van der Waals surface area contributed by atoms with Gasteiger partial charge in [0.05, 0.1) is 5.92 Å². The largest absolute Gasteiger partial charge is 0.481 e. The Labute approximate surface area is 108 Å². The van der Waals surface area contributed by atoms with E-state index in [2.05, 4.69) is 11.8 Å². The molecule has 3 heteroatoms. The number of carboxylic acids is 1. The molecule has 1 saturated carbocycles. The van der Waals surface area contributed by atoms with Gasteiger partial charge in [-0.15, -0.1) is 0 Å². The van der Waals surface area contributed by atoms with Gasteiger partial charge in [-0.2, -0.15) is 0 Å². The molecule has 0 heterocycles. The average molecular weight is 247 g/mol. The van der Waals surface area contributed by atoms with Gasteiger partial charge in [0.2, 0.25) is 0 Å². The first-order valence-corrected chi connectivity index (χ1v) is 6.57. The normalized spacial score (nSPS) is 18.6. The maximum atomic E-state index is 11.4. The molecule has 1 aliphatic rings. The summed E-state index contributed by atoms with van der Waals surface area (Å²) in [4.78, 5) is 13.6. The molecule has 3 nitrogen and oxygen atoms in total. The summed E-state index contributed by atoms with van der Waals surface area (Å²) in [6.45, 7) is 2.78. The van der Waals surface area contributed by atoms with Crippen LogP contribution in [0.5, 0.6) is 0 Å². The van der Waals surface area contributed by atoms with Crippen LogP contribution in [0.15, 0.2) is 30.3 Å². The highest BCUT2D eigenvalue weighted by molar-refractivity contribution is 5.76. The summed E-state index contributed by atoms with van der Waals surface area (Å²) in [6.07, 6.45) is 2.57. The zero-order valence-electron chi connectivity index (χ0n) is 11.0. The molecular weight excluding hydrogens is 226 g/mol. The number of benzene rings is 1. The number of hydrogen-bond donors (Lipinski definition) is 1. The van der Waals surface area contributed by atoms with E-state index in [4.69, 9.17) is 0 Å². The van der Waals surface area contributed by atoms with E-state index >= 15 is 0 Å². The SMILES string of the molecule is CC(C1CC1)N(C)CC(C(=O)O)c1ccccc1. The fourth-order valence-corrected chi connectivity index (χ4v) is 2.40. The van der Waals surface area contributed by atoms with Crippen molar-refractivity contribution in [2.45, 2.75) is 31.7 Å². The van der Waals surface area contributed by atoms with Gasteiger partial charge in [0, 0.05) is 12.6 Å².